The van der Waals surface area contributed by atoms with E-state index in [2.05, 4.69) is 0 Å². The Labute approximate surface area is 138 Å². The molecule has 1 unspecified atom stereocenters. The van der Waals surface area contributed by atoms with Crippen LogP contribution >= 0.6 is 0 Å². The van der Waals surface area contributed by atoms with E-state index >= 15 is 0 Å². The number of aromatic carboxylic acids is 1. The number of sulfonamides is 1. The minimum Gasteiger partial charge on any atom is -0.477 e. The lowest BCUT2D eigenvalue weighted by atomic mass is 10.2. The monoisotopic (exact) mass is 385 g/mol. The Morgan fingerprint density at radius 3 is 2.25 bits per heavy atom. The SMILES string of the molecule is CCCS(=O)(=O)C(CC)S(=O)(=O)Nc1ccc(F)c(C(=O)O)c1F. The van der Waals surface area contributed by atoms with Gasteiger partial charge in [0, 0.05) is 0 Å². The molecule has 0 saturated carbocycles. The molecule has 0 aromatic heterocycles. The van der Waals surface area contributed by atoms with Gasteiger partial charge in [-0.15, -0.1) is 0 Å². The molecule has 0 fully saturated rings. The van der Waals surface area contributed by atoms with E-state index in [0.717, 1.165) is 0 Å². The van der Waals surface area contributed by atoms with Gasteiger partial charge in [0.25, 0.3) is 0 Å². The zero-order valence-electron chi connectivity index (χ0n) is 12.9. The summed E-state index contributed by atoms with van der Waals surface area (Å²) in [6.45, 7) is 2.89. The highest BCUT2D eigenvalue weighted by molar-refractivity contribution is 8.09. The largest absolute Gasteiger partial charge is 0.477 e. The van der Waals surface area contributed by atoms with Crippen LogP contribution in [0.15, 0.2) is 12.1 Å². The van der Waals surface area contributed by atoms with Gasteiger partial charge in [-0.1, -0.05) is 13.8 Å². The molecule has 0 bridgehead atoms. The van der Waals surface area contributed by atoms with Gasteiger partial charge in [-0.3, -0.25) is 4.72 Å². The maximum atomic E-state index is 14.0. The zero-order valence-corrected chi connectivity index (χ0v) is 14.5. The summed E-state index contributed by atoms with van der Waals surface area (Å²) in [6, 6.07) is 1.26. The van der Waals surface area contributed by atoms with E-state index in [9.17, 15) is 30.4 Å². The van der Waals surface area contributed by atoms with Crippen LogP contribution in [0.3, 0.4) is 0 Å². The molecule has 1 aromatic rings. The van der Waals surface area contributed by atoms with Crippen molar-refractivity contribution in [3.63, 3.8) is 0 Å². The number of nitrogens with one attached hydrogen (secondary N) is 1. The third-order valence-electron chi connectivity index (χ3n) is 3.13. The van der Waals surface area contributed by atoms with Crippen molar-refractivity contribution in [2.45, 2.75) is 31.3 Å². The second-order valence-corrected chi connectivity index (χ2v) is 9.41. The smallest absolute Gasteiger partial charge is 0.341 e. The number of sulfone groups is 1. The minimum absolute atomic E-state index is 0.197. The highest BCUT2D eigenvalue weighted by Crippen LogP contribution is 2.25. The van der Waals surface area contributed by atoms with E-state index in [0.29, 0.717) is 12.1 Å². The zero-order chi connectivity index (χ0) is 18.7. The number of hydrogen-bond acceptors (Lipinski definition) is 5. The Morgan fingerprint density at radius 2 is 1.79 bits per heavy atom. The highest BCUT2D eigenvalue weighted by atomic mass is 32.3. The summed E-state index contributed by atoms with van der Waals surface area (Å²) in [5.74, 6) is -5.31. The lowest BCUT2D eigenvalue weighted by Gasteiger charge is -2.18. The molecule has 1 aromatic carbocycles. The molecule has 0 aliphatic carbocycles. The summed E-state index contributed by atoms with van der Waals surface area (Å²) in [4.78, 5) is 10.8. The predicted molar refractivity (Wildman–Crippen MR) is 84.0 cm³/mol. The summed E-state index contributed by atoms with van der Waals surface area (Å²) in [6.07, 6.45) is -0.0886. The molecule has 11 heteroatoms. The van der Waals surface area contributed by atoms with Gasteiger partial charge >= 0.3 is 5.97 Å². The Morgan fingerprint density at radius 1 is 1.21 bits per heavy atom. The van der Waals surface area contributed by atoms with Crippen LogP contribution in [-0.2, 0) is 19.9 Å². The maximum Gasteiger partial charge on any atom is 0.341 e. The van der Waals surface area contributed by atoms with Crippen molar-refractivity contribution in [1.82, 2.24) is 0 Å². The van der Waals surface area contributed by atoms with E-state index in [1.165, 1.54) is 6.92 Å². The highest BCUT2D eigenvalue weighted by Gasteiger charge is 2.36. The number of carboxylic acid groups (broad SMARTS) is 1. The van der Waals surface area contributed by atoms with Crippen molar-refractivity contribution in [1.29, 1.82) is 0 Å². The topological polar surface area (TPSA) is 118 Å². The average Bonchev–Trinajstić information content (AvgIpc) is 2.41. The molecule has 0 aliphatic rings. The molecule has 24 heavy (non-hydrogen) atoms. The fourth-order valence-electron chi connectivity index (χ4n) is 2.13. The van der Waals surface area contributed by atoms with Gasteiger partial charge in [0.05, 0.1) is 11.4 Å². The fraction of sp³-hybridized carbons (Fsp3) is 0.462. The van der Waals surface area contributed by atoms with E-state index in [4.69, 9.17) is 5.11 Å². The number of hydrogen-bond donors (Lipinski definition) is 2. The summed E-state index contributed by atoms with van der Waals surface area (Å²) in [5.41, 5.74) is -2.17. The lowest BCUT2D eigenvalue weighted by molar-refractivity contribution is 0.0686. The summed E-state index contributed by atoms with van der Waals surface area (Å²) in [7, 11) is -8.59. The molecule has 0 amide bonds. The lowest BCUT2D eigenvalue weighted by Crippen LogP contribution is -2.36. The molecular weight excluding hydrogens is 368 g/mol. The van der Waals surface area contributed by atoms with Crippen molar-refractivity contribution in [3.05, 3.63) is 29.3 Å². The first-order valence-corrected chi connectivity index (χ1v) is 10.2. The third-order valence-corrected chi connectivity index (χ3v) is 8.41. The molecule has 0 saturated heterocycles. The molecule has 136 valence electrons. The molecule has 0 spiro atoms. The van der Waals surface area contributed by atoms with Crippen molar-refractivity contribution in [3.8, 4) is 0 Å². The number of benzene rings is 1. The summed E-state index contributed by atoms with van der Waals surface area (Å²) in [5, 5.41) is 8.77. The molecule has 1 rings (SSSR count). The van der Waals surface area contributed by atoms with Crippen molar-refractivity contribution >= 4 is 31.5 Å². The van der Waals surface area contributed by atoms with Crippen LogP contribution in [0.4, 0.5) is 14.5 Å². The number of carboxylic acids is 1. The minimum atomic E-state index is -4.58. The molecule has 0 heterocycles. The van der Waals surface area contributed by atoms with Crippen LogP contribution in [0, 0.1) is 11.6 Å². The molecule has 1 atom stereocenters. The quantitative estimate of drug-likeness (QED) is 0.706. The Hall–Kier alpha value is -1.75. The fourth-order valence-corrected chi connectivity index (χ4v) is 6.48. The van der Waals surface area contributed by atoms with Crippen LogP contribution in [0.25, 0.3) is 0 Å². The van der Waals surface area contributed by atoms with Crippen molar-refractivity contribution < 1.29 is 35.5 Å². The first kappa shape index (κ1) is 20.3. The molecule has 0 aliphatic heterocycles. The number of carbonyl (C=O) groups is 1. The van der Waals surface area contributed by atoms with Gasteiger partial charge in [-0.05, 0) is 25.0 Å². The van der Waals surface area contributed by atoms with Crippen LogP contribution in [0.2, 0.25) is 0 Å². The van der Waals surface area contributed by atoms with E-state index in [1.807, 2.05) is 0 Å². The molecular formula is C13H17F2NO6S2. The number of halogens is 2. The van der Waals surface area contributed by atoms with E-state index < -0.39 is 53.3 Å². The second kappa shape index (κ2) is 7.43. The second-order valence-electron chi connectivity index (χ2n) is 4.94. The van der Waals surface area contributed by atoms with Crippen LogP contribution in [0.5, 0.6) is 0 Å². The van der Waals surface area contributed by atoms with Gasteiger partial charge < -0.3 is 5.11 Å². The van der Waals surface area contributed by atoms with Gasteiger partial charge in [0.1, 0.15) is 11.4 Å². The van der Waals surface area contributed by atoms with E-state index in [1.54, 1.807) is 11.6 Å². The van der Waals surface area contributed by atoms with E-state index in [-0.39, 0.29) is 18.6 Å². The average molecular weight is 385 g/mol. The number of anilines is 1. The van der Waals surface area contributed by atoms with Crippen molar-refractivity contribution in [2.24, 2.45) is 0 Å². The normalized spacial score (nSPS) is 13.5. The molecule has 2 N–H and O–H groups in total. The Kier molecular flexibility index (Phi) is 6.28. The first-order chi connectivity index (χ1) is 11.0. The van der Waals surface area contributed by atoms with Gasteiger partial charge in [0.2, 0.25) is 10.0 Å². The van der Waals surface area contributed by atoms with Gasteiger partial charge in [0.15, 0.2) is 20.2 Å². The van der Waals surface area contributed by atoms with Crippen molar-refractivity contribution in [2.75, 3.05) is 10.5 Å². The Bertz CT molecular complexity index is 836. The Balaban J connectivity index is 3.34. The number of rotatable bonds is 8. The standard InChI is InChI=1S/C13H17F2NO6S2/c1-3-7-23(19,20)10(4-2)24(21,22)16-9-6-5-8(14)11(12(9)15)13(17)18/h5-6,10,16H,3-4,7H2,1-2H3,(H,17,18). The predicted octanol–water partition coefficient (Wildman–Crippen LogP) is 1.97. The molecule has 7 nitrogen and oxygen atoms in total. The molecule has 0 radical (unpaired) electrons. The van der Waals surface area contributed by atoms with Crippen LogP contribution < -0.4 is 4.72 Å². The van der Waals surface area contributed by atoms with Gasteiger partial charge in [-0.25, -0.2) is 30.4 Å². The summed E-state index contributed by atoms with van der Waals surface area (Å²) >= 11 is 0. The third kappa shape index (κ3) is 4.20. The summed E-state index contributed by atoms with van der Waals surface area (Å²) < 4.78 is 75.9. The van der Waals surface area contributed by atoms with Crippen LogP contribution in [0.1, 0.15) is 37.0 Å². The first-order valence-electron chi connectivity index (χ1n) is 6.92. The van der Waals surface area contributed by atoms with Gasteiger partial charge in [-0.2, -0.15) is 0 Å². The maximum absolute atomic E-state index is 14.0. The van der Waals surface area contributed by atoms with Crippen LogP contribution in [-0.4, -0.2) is 38.2 Å².